The molecule has 1 aromatic rings. The predicted molar refractivity (Wildman–Crippen MR) is 55.6 cm³/mol. The summed E-state index contributed by atoms with van der Waals surface area (Å²) in [6, 6.07) is 0. The highest BCUT2D eigenvalue weighted by molar-refractivity contribution is 6.17. The van der Waals surface area contributed by atoms with Gasteiger partial charge in [0.25, 0.3) is 0 Å². The maximum absolute atomic E-state index is 5.59. The minimum Gasteiger partial charge on any atom is -0.380 e. The summed E-state index contributed by atoms with van der Waals surface area (Å²) in [6.45, 7) is 4.18. The Morgan fingerprint density at radius 2 is 2.43 bits per heavy atom. The van der Waals surface area contributed by atoms with Crippen LogP contribution in [-0.2, 0) is 17.7 Å². The maximum Gasteiger partial charge on any atom is 0.0827 e. The second kappa shape index (κ2) is 6.79. The molecule has 0 aromatic carbocycles. The fourth-order valence-electron chi connectivity index (χ4n) is 1.11. The number of nitrogens with zero attached hydrogens (tertiary/aromatic N) is 3. The van der Waals surface area contributed by atoms with Crippen molar-refractivity contribution >= 4 is 11.6 Å². The van der Waals surface area contributed by atoms with Gasteiger partial charge < -0.3 is 4.74 Å². The number of hydrogen-bond acceptors (Lipinski definition) is 3. The molecular weight excluding hydrogens is 202 g/mol. The van der Waals surface area contributed by atoms with Gasteiger partial charge in [-0.15, -0.1) is 16.7 Å². The average molecular weight is 218 g/mol. The van der Waals surface area contributed by atoms with Gasteiger partial charge in [0.15, 0.2) is 0 Å². The van der Waals surface area contributed by atoms with Crippen molar-refractivity contribution in [3.63, 3.8) is 0 Å². The van der Waals surface area contributed by atoms with E-state index < -0.39 is 0 Å². The van der Waals surface area contributed by atoms with Crippen molar-refractivity contribution in [2.75, 3.05) is 19.1 Å². The summed E-state index contributed by atoms with van der Waals surface area (Å²) in [5, 5.41) is 8.02. The lowest BCUT2D eigenvalue weighted by Crippen LogP contribution is -2.06. The highest BCUT2D eigenvalue weighted by Gasteiger charge is 1.99. The lowest BCUT2D eigenvalue weighted by Gasteiger charge is -1.99. The number of aromatic nitrogens is 3. The fraction of sp³-hybridized carbons (Fsp3) is 0.778. The van der Waals surface area contributed by atoms with Crippen LogP contribution in [0.15, 0.2) is 6.20 Å². The molecule has 0 spiro atoms. The summed E-state index contributed by atoms with van der Waals surface area (Å²) < 4.78 is 7.02. The van der Waals surface area contributed by atoms with Crippen molar-refractivity contribution in [1.29, 1.82) is 0 Å². The molecule has 80 valence electrons. The first-order chi connectivity index (χ1) is 6.86. The molecule has 0 bridgehead atoms. The zero-order valence-electron chi connectivity index (χ0n) is 8.45. The van der Waals surface area contributed by atoms with E-state index in [1.165, 1.54) is 0 Å². The number of rotatable bonds is 7. The van der Waals surface area contributed by atoms with Crippen molar-refractivity contribution in [2.24, 2.45) is 0 Å². The molecule has 14 heavy (non-hydrogen) atoms. The van der Waals surface area contributed by atoms with E-state index in [1.54, 1.807) is 4.68 Å². The van der Waals surface area contributed by atoms with Gasteiger partial charge in [-0.05, 0) is 19.8 Å². The topological polar surface area (TPSA) is 39.9 Å². The van der Waals surface area contributed by atoms with Crippen LogP contribution in [0.3, 0.4) is 0 Å². The largest absolute Gasteiger partial charge is 0.380 e. The molecule has 0 radical (unpaired) electrons. The molecule has 5 heteroatoms. The van der Waals surface area contributed by atoms with Crippen LogP contribution in [0.4, 0.5) is 0 Å². The summed E-state index contributed by atoms with van der Waals surface area (Å²) in [5.41, 5.74) is 1.00. The first-order valence-electron chi connectivity index (χ1n) is 4.89. The zero-order valence-corrected chi connectivity index (χ0v) is 9.20. The Bertz CT molecular complexity index is 252. The molecule has 0 aliphatic rings. The van der Waals surface area contributed by atoms with Crippen LogP contribution in [0, 0.1) is 0 Å². The van der Waals surface area contributed by atoms with Gasteiger partial charge >= 0.3 is 0 Å². The Hall–Kier alpha value is -0.610. The van der Waals surface area contributed by atoms with Gasteiger partial charge in [0, 0.05) is 18.7 Å². The van der Waals surface area contributed by atoms with Crippen molar-refractivity contribution in [3.8, 4) is 0 Å². The SMILES string of the molecule is CCOCCn1cc(CCCCl)nn1. The summed E-state index contributed by atoms with van der Waals surface area (Å²) >= 11 is 5.59. The van der Waals surface area contributed by atoms with E-state index in [4.69, 9.17) is 16.3 Å². The molecule has 0 unspecified atom stereocenters. The van der Waals surface area contributed by atoms with E-state index in [0.29, 0.717) is 12.5 Å². The van der Waals surface area contributed by atoms with Gasteiger partial charge in [-0.1, -0.05) is 5.21 Å². The highest BCUT2D eigenvalue weighted by Crippen LogP contribution is 1.99. The molecule has 0 saturated heterocycles. The van der Waals surface area contributed by atoms with E-state index >= 15 is 0 Å². The molecule has 0 saturated carbocycles. The molecule has 0 N–H and O–H groups in total. The monoisotopic (exact) mass is 217 g/mol. The number of alkyl halides is 1. The van der Waals surface area contributed by atoms with Crippen LogP contribution in [-0.4, -0.2) is 34.1 Å². The molecule has 1 rings (SSSR count). The molecule has 0 fully saturated rings. The quantitative estimate of drug-likeness (QED) is 0.513. The molecule has 0 aliphatic heterocycles. The van der Waals surface area contributed by atoms with Gasteiger partial charge in [0.2, 0.25) is 0 Å². The number of hydrogen-bond donors (Lipinski definition) is 0. The Kier molecular flexibility index (Phi) is 5.56. The van der Waals surface area contributed by atoms with Crippen molar-refractivity contribution in [3.05, 3.63) is 11.9 Å². The molecule has 0 aliphatic carbocycles. The van der Waals surface area contributed by atoms with E-state index in [0.717, 1.165) is 31.7 Å². The molecule has 0 amide bonds. The third-order valence-electron chi connectivity index (χ3n) is 1.82. The van der Waals surface area contributed by atoms with Gasteiger partial charge in [-0.25, -0.2) is 4.68 Å². The lowest BCUT2D eigenvalue weighted by molar-refractivity contribution is 0.136. The smallest absolute Gasteiger partial charge is 0.0827 e. The van der Waals surface area contributed by atoms with E-state index in [2.05, 4.69) is 10.3 Å². The van der Waals surface area contributed by atoms with Gasteiger partial charge in [-0.3, -0.25) is 0 Å². The molecule has 0 atom stereocenters. The van der Waals surface area contributed by atoms with Gasteiger partial charge in [-0.2, -0.15) is 0 Å². The van der Waals surface area contributed by atoms with Crippen LogP contribution in [0.2, 0.25) is 0 Å². The molecule has 1 heterocycles. The van der Waals surface area contributed by atoms with Crippen LogP contribution in [0.25, 0.3) is 0 Å². The standard InChI is InChI=1S/C9H16ClN3O/c1-2-14-7-6-13-8-9(11-12-13)4-3-5-10/h8H,2-7H2,1H3. The summed E-state index contributed by atoms with van der Waals surface area (Å²) in [5.74, 6) is 0.672. The fourth-order valence-corrected chi connectivity index (χ4v) is 1.25. The average Bonchev–Trinajstić information content (AvgIpc) is 2.63. The number of aryl methyl sites for hydroxylation is 1. The van der Waals surface area contributed by atoms with E-state index in [9.17, 15) is 0 Å². The summed E-state index contributed by atoms with van der Waals surface area (Å²) in [4.78, 5) is 0. The van der Waals surface area contributed by atoms with Gasteiger partial charge in [0.1, 0.15) is 0 Å². The predicted octanol–water partition coefficient (Wildman–Crippen LogP) is 1.49. The third-order valence-corrected chi connectivity index (χ3v) is 2.09. The second-order valence-corrected chi connectivity index (χ2v) is 3.34. The first kappa shape index (κ1) is 11.5. The highest BCUT2D eigenvalue weighted by atomic mass is 35.5. The Labute approximate surface area is 89.2 Å². The van der Waals surface area contributed by atoms with Crippen LogP contribution >= 0.6 is 11.6 Å². The minimum absolute atomic E-state index is 0.672. The van der Waals surface area contributed by atoms with Crippen molar-refractivity contribution in [1.82, 2.24) is 15.0 Å². The second-order valence-electron chi connectivity index (χ2n) is 2.96. The Morgan fingerprint density at radius 1 is 1.57 bits per heavy atom. The third kappa shape index (κ3) is 4.07. The van der Waals surface area contributed by atoms with Crippen molar-refractivity contribution in [2.45, 2.75) is 26.3 Å². The normalized spacial score (nSPS) is 10.7. The van der Waals surface area contributed by atoms with Crippen LogP contribution < -0.4 is 0 Å². The zero-order chi connectivity index (χ0) is 10.2. The number of ether oxygens (including phenoxy) is 1. The summed E-state index contributed by atoms with van der Waals surface area (Å²) in [7, 11) is 0. The van der Waals surface area contributed by atoms with E-state index in [1.807, 2.05) is 13.1 Å². The minimum atomic E-state index is 0.672. The first-order valence-corrected chi connectivity index (χ1v) is 5.43. The molecule has 1 aromatic heterocycles. The Balaban J connectivity index is 2.27. The summed E-state index contributed by atoms with van der Waals surface area (Å²) in [6.07, 6.45) is 3.80. The number of halogens is 1. The van der Waals surface area contributed by atoms with E-state index in [-0.39, 0.29) is 0 Å². The van der Waals surface area contributed by atoms with Crippen LogP contribution in [0.5, 0.6) is 0 Å². The lowest BCUT2D eigenvalue weighted by atomic mass is 10.3. The maximum atomic E-state index is 5.59. The molecular formula is C9H16ClN3O. The van der Waals surface area contributed by atoms with Crippen LogP contribution in [0.1, 0.15) is 19.0 Å². The van der Waals surface area contributed by atoms with Crippen molar-refractivity contribution < 1.29 is 4.74 Å². The molecule has 4 nitrogen and oxygen atoms in total. The Morgan fingerprint density at radius 3 is 3.14 bits per heavy atom. The van der Waals surface area contributed by atoms with Gasteiger partial charge in [0.05, 0.1) is 18.8 Å².